The lowest BCUT2D eigenvalue weighted by Crippen LogP contribution is -2.01. The van der Waals surface area contributed by atoms with Crippen molar-refractivity contribution in [3.63, 3.8) is 0 Å². The first kappa shape index (κ1) is 14.9. The Hall–Kier alpha value is -2.65. The van der Waals surface area contributed by atoms with E-state index in [9.17, 15) is 4.79 Å². The average molecular weight is 331 g/mol. The van der Waals surface area contributed by atoms with E-state index in [-0.39, 0.29) is 5.78 Å². The Morgan fingerprint density at radius 3 is 2.83 bits per heavy atom. The average Bonchev–Trinajstić information content (AvgIpc) is 3.23. The van der Waals surface area contributed by atoms with Gasteiger partial charge in [-0.3, -0.25) is 4.79 Å². The van der Waals surface area contributed by atoms with Gasteiger partial charge in [0.2, 0.25) is 0 Å². The molecule has 0 aliphatic heterocycles. The molecular formula is C21H17NOS. The number of aryl methyl sites for hydroxylation is 1. The van der Waals surface area contributed by atoms with Crippen LogP contribution in [0.1, 0.15) is 20.8 Å². The zero-order valence-corrected chi connectivity index (χ0v) is 14.2. The minimum Gasteiger partial charge on any atom is -0.361 e. The SMILES string of the molecule is Cc1cccc(CC(=O)c2ccc(-c3ccc4[nH]ccc4c3)s2)c1. The summed E-state index contributed by atoms with van der Waals surface area (Å²) in [6.07, 6.45) is 2.40. The van der Waals surface area contributed by atoms with Crippen LogP contribution in [0.2, 0.25) is 0 Å². The number of nitrogens with one attached hydrogen (secondary N) is 1. The fourth-order valence-electron chi connectivity index (χ4n) is 2.94. The molecule has 2 aromatic heterocycles. The topological polar surface area (TPSA) is 32.9 Å². The lowest BCUT2D eigenvalue weighted by Gasteiger charge is -2.01. The lowest BCUT2D eigenvalue weighted by molar-refractivity contribution is 0.0997. The predicted molar refractivity (Wildman–Crippen MR) is 101 cm³/mol. The number of carbonyl (C=O) groups excluding carboxylic acids is 1. The van der Waals surface area contributed by atoms with Gasteiger partial charge < -0.3 is 4.98 Å². The second kappa shape index (κ2) is 6.10. The summed E-state index contributed by atoms with van der Waals surface area (Å²) in [7, 11) is 0. The van der Waals surface area contributed by atoms with Gasteiger partial charge in [0, 0.05) is 23.0 Å². The minimum absolute atomic E-state index is 0.180. The molecule has 0 amide bonds. The molecule has 2 heterocycles. The Morgan fingerprint density at radius 1 is 1.04 bits per heavy atom. The third-order valence-corrected chi connectivity index (χ3v) is 5.34. The quantitative estimate of drug-likeness (QED) is 0.483. The Morgan fingerprint density at radius 2 is 1.96 bits per heavy atom. The van der Waals surface area contributed by atoms with E-state index < -0.39 is 0 Å². The molecule has 0 saturated carbocycles. The number of fused-ring (bicyclic) bond motifs is 1. The number of ketones is 1. The van der Waals surface area contributed by atoms with Crippen molar-refractivity contribution in [3.05, 3.63) is 82.9 Å². The second-order valence-corrected chi connectivity index (χ2v) is 7.12. The maximum atomic E-state index is 12.5. The Kier molecular flexibility index (Phi) is 3.79. The number of hydrogen-bond donors (Lipinski definition) is 1. The fourth-order valence-corrected chi connectivity index (χ4v) is 3.88. The molecule has 0 radical (unpaired) electrons. The number of hydrogen-bond acceptors (Lipinski definition) is 2. The van der Waals surface area contributed by atoms with Crippen LogP contribution in [0.25, 0.3) is 21.3 Å². The largest absolute Gasteiger partial charge is 0.361 e. The van der Waals surface area contributed by atoms with Crippen LogP contribution >= 0.6 is 11.3 Å². The number of aromatic nitrogens is 1. The molecule has 0 bridgehead atoms. The van der Waals surface area contributed by atoms with Crippen LogP contribution in [0.15, 0.2) is 66.9 Å². The van der Waals surface area contributed by atoms with Gasteiger partial charge in [0.1, 0.15) is 0 Å². The molecule has 0 spiro atoms. The highest BCUT2D eigenvalue weighted by Gasteiger charge is 2.12. The summed E-state index contributed by atoms with van der Waals surface area (Å²) in [6.45, 7) is 2.05. The van der Waals surface area contributed by atoms with Gasteiger partial charge in [-0.2, -0.15) is 0 Å². The van der Waals surface area contributed by atoms with E-state index in [1.807, 2.05) is 43.5 Å². The number of rotatable bonds is 4. The number of Topliss-reactive ketones (excluding diaryl/α,β-unsaturated/α-hetero) is 1. The monoisotopic (exact) mass is 331 g/mol. The van der Waals surface area contributed by atoms with Crippen molar-refractivity contribution < 1.29 is 4.79 Å². The van der Waals surface area contributed by atoms with Crippen LogP contribution in [-0.2, 0) is 6.42 Å². The summed E-state index contributed by atoms with van der Waals surface area (Å²) in [5.41, 5.74) is 4.54. The predicted octanol–water partition coefficient (Wildman–Crippen LogP) is 5.63. The summed E-state index contributed by atoms with van der Waals surface area (Å²) >= 11 is 1.57. The highest BCUT2D eigenvalue weighted by Crippen LogP contribution is 2.31. The molecule has 0 aliphatic rings. The van der Waals surface area contributed by atoms with Gasteiger partial charge in [-0.05, 0) is 53.8 Å². The minimum atomic E-state index is 0.180. The van der Waals surface area contributed by atoms with E-state index in [0.717, 1.165) is 26.4 Å². The van der Waals surface area contributed by atoms with E-state index in [1.165, 1.54) is 10.9 Å². The highest BCUT2D eigenvalue weighted by molar-refractivity contribution is 7.17. The van der Waals surface area contributed by atoms with Gasteiger partial charge >= 0.3 is 0 Å². The summed E-state index contributed by atoms with van der Waals surface area (Å²) in [6, 6.07) is 20.5. The molecule has 0 atom stereocenters. The van der Waals surface area contributed by atoms with Crippen LogP contribution in [-0.4, -0.2) is 10.8 Å². The van der Waals surface area contributed by atoms with E-state index in [2.05, 4.69) is 35.3 Å². The van der Waals surface area contributed by atoms with Gasteiger partial charge in [-0.1, -0.05) is 35.9 Å². The van der Waals surface area contributed by atoms with E-state index in [0.29, 0.717) is 6.42 Å². The van der Waals surface area contributed by atoms with Crippen molar-refractivity contribution in [3.8, 4) is 10.4 Å². The molecule has 4 rings (SSSR count). The van der Waals surface area contributed by atoms with Gasteiger partial charge in [-0.15, -0.1) is 11.3 Å². The molecule has 0 fully saturated rings. The number of carbonyl (C=O) groups is 1. The number of aromatic amines is 1. The molecule has 2 aromatic carbocycles. The summed E-state index contributed by atoms with van der Waals surface area (Å²) in [5, 5.41) is 1.19. The third-order valence-electron chi connectivity index (χ3n) is 4.17. The standard InChI is InChI=1S/C21H17NOS/c1-14-3-2-4-15(11-14)12-19(23)21-8-7-20(24-21)17-5-6-18-16(13-17)9-10-22-18/h2-11,13,22H,12H2,1H3. The summed E-state index contributed by atoms with van der Waals surface area (Å²) < 4.78 is 0. The second-order valence-electron chi connectivity index (χ2n) is 6.03. The molecule has 0 aliphatic carbocycles. The molecule has 3 heteroatoms. The van der Waals surface area contributed by atoms with Crippen molar-refractivity contribution in [1.29, 1.82) is 0 Å². The van der Waals surface area contributed by atoms with Crippen molar-refractivity contribution in [2.75, 3.05) is 0 Å². The van der Waals surface area contributed by atoms with E-state index >= 15 is 0 Å². The number of H-pyrrole nitrogens is 1. The molecular weight excluding hydrogens is 314 g/mol. The van der Waals surface area contributed by atoms with Gasteiger partial charge in [0.15, 0.2) is 5.78 Å². The van der Waals surface area contributed by atoms with Crippen LogP contribution in [0, 0.1) is 6.92 Å². The van der Waals surface area contributed by atoms with Crippen molar-refractivity contribution >= 4 is 28.0 Å². The van der Waals surface area contributed by atoms with Crippen molar-refractivity contribution in [2.45, 2.75) is 13.3 Å². The zero-order chi connectivity index (χ0) is 16.5. The Labute approximate surface area is 144 Å². The Balaban J connectivity index is 1.58. The summed E-state index contributed by atoms with van der Waals surface area (Å²) in [5.74, 6) is 0.180. The van der Waals surface area contributed by atoms with Crippen LogP contribution in [0.4, 0.5) is 0 Å². The van der Waals surface area contributed by atoms with Gasteiger partial charge in [-0.25, -0.2) is 0 Å². The molecule has 2 nitrogen and oxygen atoms in total. The van der Waals surface area contributed by atoms with Crippen LogP contribution < -0.4 is 0 Å². The fraction of sp³-hybridized carbons (Fsp3) is 0.0952. The number of benzene rings is 2. The number of thiophene rings is 1. The Bertz CT molecular complexity index is 1020. The molecule has 0 saturated heterocycles. The van der Waals surface area contributed by atoms with Gasteiger partial charge in [0.25, 0.3) is 0 Å². The van der Waals surface area contributed by atoms with Gasteiger partial charge in [0.05, 0.1) is 4.88 Å². The first-order valence-electron chi connectivity index (χ1n) is 7.95. The summed E-state index contributed by atoms with van der Waals surface area (Å²) in [4.78, 5) is 17.7. The van der Waals surface area contributed by atoms with Crippen molar-refractivity contribution in [2.24, 2.45) is 0 Å². The first-order valence-corrected chi connectivity index (χ1v) is 8.77. The zero-order valence-electron chi connectivity index (χ0n) is 13.4. The van der Waals surface area contributed by atoms with Crippen LogP contribution in [0.3, 0.4) is 0 Å². The van der Waals surface area contributed by atoms with Crippen LogP contribution in [0.5, 0.6) is 0 Å². The molecule has 118 valence electrons. The molecule has 0 unspecified atom stereocenters. The van der Waals surface area contributed by atoms with E-state index in [4.69, 9.17) is 0 Å². The smallest absolute Gasteiger partial charge is 0.177 e. The highest BCUT2D eigenvalue weighted by atomic mass is 32.1. The van der Waals surface area contributed by atoms with E-state index in [1.54, 1.807) is 11.3 Å². The molecule has 4 aromatic rings. The van der Waals surface area contributed by atoms with Crippen molar-refractivity contribution in [1.82, 2.24) is 4.98 Å². The molecule has 24 heavy (non-hydrogen) atoms. The first-order chi connectivity index (χ1) is 11.7. The maximum Gasteiger partial charge on any atom is 0.177 e. The molecule has 1 N–H and O–H groups in total. The third kappa shape index (κ3) is 2.91. The lowest BCUT2D eigenvalue weighted by atomic mass is 10.1. The normalized spacial score (nSPS) is 11.0. The maximum absolute atomic E-state index is 12.5.